The first-order valence-electron chi connectivity index (χ1n) is 14.1. The molecule has 1 aliphatic rings. The lowest BCUT2D eigenvalue weighted by Crippen LogP contribution is -2.40. The largest absolute Gasteiger partial charge is 0.496 e. The molecule has 0 amide bonds. The van der Waals surface area contributed by atoms with Crippen molar-refractivity contribution in [2.75, 3.05) is 13.7 Å². The number of carbonyl (C=O) groups excluding carboxylic acids is 1. The Hall–Kier alpha value is -3.08. The van der Waals surface area contributed by atoms with E-state index in [-0.39, 0.29) is 18.8 Å². The quantitative estimate of drug-likeness (QED) is 0.154. The molecule has 1 aliphatic heterocycles. The molecule has 0 spiro atoms. The molecule has 0 N–H and O–H groups in total. The highest BCUT2D eigenvalue weighted by atomic mass is 79.9. The van der Waals surface area contributed by atoms with Crippen LogP contribution in [0.3, 0.4) is 0 Å². The van der Waals surface area contributed by atoms with Crippen LogP contribution in [-0.4, -0.2) is 24.3 Å². The molecule has 2 heterocycles. The van der Waals surface area contributed by atoms with Gasteiger partial charge in [0.2, 0.25) is 0 Å². The van der Waals surface area contributed by atoms with Gasteiger partial charge in [-0.2, -0.15) is 0 Å². The van der Waals surface area contributed by atoms with Crippen LogP contribution in [-0.2, 0) is 16.1 Å². The maximum atomic E-state index is 14.3. The van der Waals surface area contributed by atoms with Crippen LogP contribution in [0.15, 0.2) is 80.1 Å². The standard InChI is InChI=1S/C33H28BrCl3N2O5S/c1-4-6-25-29(32(41)43-5-2)30(22-16-20(34)8-11-27(22)42-3)39-31(40)28(45-33(39)38-25)15-19-14-21(35)9-12-26(19)44-17-18-7-10-23(36)24(37)13-18/h7-16,30H,4-6,17H2,1-3H3/b28-15+/t30-/m1/s1. The van der Waals surface area contributed by atoms with Crippen LogP contribution >= 0.6 is 62.1 Å². The smallest absolute Gasteiger partial charge is 0.338 e. The number of esters is 1. The highest BCUT2D eigenvalue weighted by Crippen LogP contribution is 2.38. The predicted molar refractivity (Wildman–Crippen MR) is 183 cm³/mol. The Balaban J connectivity index is 1.68. The Labute approximate surface area is 287 Å². The zero-order valence-corrected chi connectivity index (χ0v) is 29.2. The lowest BCUT2D eigenvalue weighted by molar-refractivity contribution is -0.139. The number of halogens is 4. The zero-order valence-electron chi connectivity index (χ0n) is 24.5. The summed E-state index contributed by atoms with van der Waals surface area (Å²) < 4.78 is 20.0. The normalized spacial score (nSPS) is 14.6. The molecule has 3 aromatic carbocycles. The van der Waals surface area contributed by atoms with Crippen LogP contribution in [0.2, 0.25) is 15.1 Å². The van der Waals surface area contributed by atoms with E-state index >= 15 is 0 Å². The van der Waals surface area contributed by atoms with Gasteiger partial charge in [-0.3, -0.25) is 9.36 Å². The van der Waals surface area contributed by atoms with Crippen molar-refractivity contribution in [1.82, 2.24) is 4.57 Å². The number of nitrogens with zero attached hydrogens (tertiary/aromatic N) is 2. The van der Waals surface area contributed by atoms with Gasteiger partial charge in [-0.15, -0.1) is 0 Å². The number of fused-ring (bicyclic) bond motifs is 1. The van der Waals surface area contributed by atoms with E-state index in [1.54, 1.807) is 56.5 Å². The van der Waals surface area contributed by atoms with E-state index in [0.29, 0.717) is 64.7 Å². The number of benzene rings is 3. The van der Waals surface area contributed by atoms with Crippen molar-refractivity contribution in [3.05, 3.63) is 122 Å². The molecule has 0 aliphatic carbocycles. The zero-order chi connectivity index (χ0) is 32.2. The highest BCUT2D eigenvalue weighted by molar-refractivity contribution is 9.10. The lowest BCUT2D eigenvalue weighted by Gasteiger charge is -2.27. The van der Waals surface area contributed by atoms with Crippen molar-refractivity contribution < 1.29 is 19.0 Å². The molecular formula is C33H28BrCl3N2O5S. The number of aromatic nitrogens is 1. The number of methoxy groups -OCH3 is 1. The van der Waals surface area contributed by atoms with Gasteiger partial charge >= 0.3 is 5.97 Å². The minimum Gasteiger partial charge on any atom is -0.496 e. The van der Waals surface area contributed by atoms with Gasteiger partial charge < -0.3 is 14.2 Å². The van der Waals surface area contributed by atoms with Crippen molar-refractivity contribution in [2.45, 2.75) is 39.3 Å². The van der Waals surface area contributed by atoms with Crippen LogP contribution in [0.1, 0.15) is 49.4 Å². The molecule has 0 saturated carbocycles. The molecule has 4 aromatic rings. The van der Waals surface area contributed by atoms with E-state index in [9.17, 15) is 9.59 Å². The number of rotatable bonds is 10. The number of hydrogen-bond donors (Lipinski definition) is 0. The first-order valence-corrected chi connectivity index (χ1v) is 16.8. The van der Waals surface area contributed by atoms with Gasteiger partial charge in [0.15, 0.2) is 4.80 Å². The number of carbonyl (C=O) groups is 1. The van der Waals surface area contributed by atoms with Crippen molar-refractivity contribution in [3.8, 4) is 11.5 Å². The minimum atomic E-state index is -0.832. The van der Waals surface area contributed by atoms with Crippen molar-refractivity contribution >= 4 is 74.1 Å². The van der Waals surface area contributed by atoms with Crippen LogP contribution in [0.5, 0.6) is 11.5 Å². The summed E-state index contributed by atoms with van der Waals surface area (Å²) in [6.07, 6.45) is 2.98. The maximum absolute atomic E-state index is 14.3. The molecule has 234 valence electrons. The average molecular weight is 751 g/mol. The van der Waals surface area contributed by atoms with Crippen molar-refractivity contribution in [1.29, 1.82) is 0 Å². The number of ether oxygens (including phenoxy) is 3. The summed E-state index contributed by atoms with van der Waals surface area (Å²) in [5.41, 5.74) is 2.59. The Morgan fingerprint density at radius 2 is 1.82 bits per heavy atom. The third-order valence-electron chi connectivity index (χ3n) is 7.02. The van der Waals surface area contributed by atoms with Gasteiger partial charge in [0.1, 0.15) is 24.1 Å². The summed E-state index contributed by atoms with van der Waals surface area (Å²) >= 11 is 23.4. The van der Waals surface area contributed by atoms with Gasteiger partial charge in [-0.1, -0.05) is 81.5 Å². The molecule has 0 fully saturated rings. The molecule has 0 saturated heterocycles. The topological polar surface area (TPSA) is 79.1 Å². The van der Waals surface area contributed by atoms with Crippen LogP contribution < -0.4 is 24.4 Å². The third kappa shape index (κ3) is 7.18. The number of hydrogen-bond acceptors (Lipinski definition) is 7. The van der Waals surface area contributed by atoms with E-state index < -0.39 is 12.0 Å². The molecule has 1 aromatic heterocycles. The average Bonchev–Trinajstić information content (AvgIpc) is 3.32. The predicted octanol–water partition coefficient (Wildman–Crippen LogP) is 7.89. The van der Waals surface area contributed by atoms with Gasteiger partial charge in [0.05, 0.1) is 39.6 Å². The molecule has 12 heteroatoms. The Kier molecular flexibility index (Phi) is 10.8. The van der Waals surface area contributed by atoms with Crippen molar-refractivity contribution in [3.63, 3.8) is 0 Å². The molecular weight excluding hydrogens is 723 g/mol. The summed E-state index contributed by atoms with van der Waals surface area (Å²) in [6.45, 7) is 4.14. The second kappa shape index (κ2) is 14.6. The Morgan fingerprint density at radius 1 is 1.04 bits per heavy atom. The SMILES string of the molecule is CCCC1=C(C(=O)OCC)[C@@H](c2cc(Br)ccc2OC)n2c(s/c(=C/c3cc(Cl)ccc3OCc3ccc(Cl)c(Cl)c3)c2=O)=N1. The summed E-state index contributed by atoms with van der Waals surface area (Å²) in [7, 11) is 1.55. The van der Waals surface area contributed by atoms with Gasteiger partial charge in [-0.05, 0) is 73.5 Å². The summed E-state index contributed by atoms with van der Waals surface area (Å²) in [6, 6.07) is 15.1. The monoisotopic (exact) mass is 748 g/mol. The maximum Gasteiger partial charge on any atom is 0.338 e. The number of thiazole rings is 1. The fourth-order valence-corrected chi connectivity index (χ4v) is 6.92. The first kappa shape index (κ1) is 33.3. The fraction of sp³-hybridized carbons (Fsp3) is 0.242. The second-order valence-electron chi connectivity index (χ2n) is 10.0. The van der Waals surface area contributed by atoms with Crippen LogP contribution in [0.4, 0.5) is 0 Å². The van der Waals surface area contributed by atoms with Crippen molar-refractivity contribution in [2.24, 2.45) is 4.99 Å². The third-order valence-corrected chi connectivity index (χ3v) is 9.47. The minimum absolute atomic E-state index is 0.175. The van der Waals surface area contributed by atoms with E-state index in [4.69, 9.17) is 54.0 Å². The lowest BCUT2D eigenvalue weighted by atomic mass is 9.93. The first-order chi connectivity index (χ1) is 21.6. The fourth-order valence-electron chi connectivity index (χ4n) is 5.03. The highest BCUT2D eigenvalue weighted by Gasteiger charge is 2.36. The van der Waals surface area contributed by atoms with E-state index in [1.807, 2.05) is 25.1 Å². The van der Waals surface area contributed by atoms with Gasteiger partial charge in [0, 0.05) is 20.6 Å². The summed E-state index contributed by atoms with van der Waals surface area (Å²) in [4.78, 5) is 33.1. The summed E-state index contributed by atoms with van der Waals surface area (Å²) in [5.74, 6) is 0.504. The Morgan fingerprint density at radius 3 is 2.53 bits per heavy atom. The molecule has 7 nitrogen and oxygen atoms in total. The molecule has 0 unspecified atom stereocenters. The van der Waals surface area contributed by atoms with E-state index in [0.717, 1.165) is 16.5 Å². The number of allylic oxidation sites excluding steroid dienone is 1. The molecule has 5 rings (SSSR count). The van der Waals surface area contributed by atoms with Gasteiger partial charge in [-0.25, -0.2) is 9.79 Å². The van der Waals surface area contributed by atoms with Crippen LogP contribution in [0.25, 0.3) is 6.08 Å². The molecule has 1 atom stereocenters. The second-order valence-corrected chi connectivity index (χ2v) is 13.2. The molecule has 45 heavy (non-hydrogen) atoms. The Bertz CT molecular complexity index is 1990. The van der Waals surface area contributed by atoms with Gasteiger partial charge in [0.25, 0.3) is 5.56 Å². The summed E-state index contributed by atoms with van der Waals surface area (Å²) in [5, 5.41) is 1.36. The van der Waals surface area contributed by atoms with E-state index in [1.165, 1.54) is 15.9 Å². The molecule has 0 bridgehead atoms. The molecule has 0 radical (unpaired) electrons. The van der Waals surface area contributed by atoms with E-state index in [2.05, 4.69) is 15.9 Å². The van der Waals surface area contributed by atoms with Crippen LogP contribution in [0, 0.1) is 0 Å².